The van der Waals surface area contributed by atoms with Gasteiger partial charge in [-0.3, -0.25) is 0 Å². The van der Waals surface area contributed by atoms with E-state index in [4.69, 9.17) is 5.73 Å². The molecule has 0 heterocycles. The van der Waals surface area contributed by atoms with E-state index in [0.29, 0.717) is 6.42 Å². The Morgan fingerprint density at radius 3 is 2.42 bits per heavy atom. The second kappa shape index (κ2) is 5.56. The molecule has 0 amide bonds. The standard InChI is InChI=1S/C13H21FN2O2S/c1-5-13(2,3)16(4)19(17,18)12-8-6-7-11(14)10(12)9-15/h6-8H,5,9,15H2,1-4H3. The summed E-state index contributed by atoms with van der Waals surface area (Å²) in [6.45, 7) is 5.40. The first kappa shape index (κ1) is 16.1. The molecule has 1 rings (SSSR count). The van der Waals surface area contributed by atoms with Crippen molar-refractivity contribution in [2.24, 2.45) is 5.73 Å². The zero-order chi connectivity index (χ0) is 14.8. The van der Waals surface area contributed by atoms with E-state index in [0.717, 1.165) is 0 Å². The molecule has 0 aliphatic carbocycles. The van der Waals surface area contributed by atoms with E-state index in [1.165, 1.54) is 29.6 Å². The monoisotopic (exact) mass is 288 g/mol. The van der Waals surface area contributed by atoms with Crippen LogP contribution in [0.5, 0.6) is 0 Å². The Kier molecular flexibility index (Phi) is 4.71. The van der Waals surface area contributed by atoms with Gasteiger partial charge in [0.15, 0.2) is 0 Å². The first-order valence-corrected chi connectivity index (χ1v) is 7.59. The lowest BCUT2D eigenvalue weighted by Crippen LogP contribution is -2.44. The van der Waals surface area contributed by atoms with Gasteiger partial charge in [0.25, 0.3) is 0 Å². The largest absolute Gasteiger partial charge is 0.326 e. The van der Waals surface area contributed by atoms with Gasteiger partial charge in [0.1, 0.15) is 5.82 Å². The zero-order valence-corrected chi connectivity index (χ0v) is 12.6. The van der Waals surface area contributed by atoms with Crippen molar-refractivity contribution in [3.63, 3.8) is 0 Å². The van der Waals surface area contributed by atoms with Crippen LogP contribution in [0.3, 0.4) is 0 Å². The van der Waals surface area contributed by atoms with Crippen LogP contribution in [-0.4, -0.2) is 25.3 Å². The van der Waals surface area contributed by atoms with Crippen LogP contribution in [0, 0.1) is 5.82 Å². The van der Waals surface area contributed by atoms with E-state index < -0.39 is 21.4 Å². The van der Waals surface area contributed by atoms with Gasteiger partial charge in [0, 0.05) is 24.7 Å². The molecule has 0 fully saturated rings. The fourth-order valence-electron chi connectivity index (χ4n) is 1.67. The third-order valence-electron chi connectivity index (χ3n) is 3.64. The molecule has 0 spiro atoms. The SMILES string of the molecule is CCC(C)(C)N(C)S(=O)(=O)c1cccc(F)c1CN. The zero-order valence-electron chi connectivity index (χ0n) is 11.8. The summed E-state index contributed by atoms with van der Waals surface area (Å²) in [5.41, 5.74) is 4.95. The van der Waals surface area contributed by atoms with Crippen molar-refractivity contribution in [1.29, 1.82) is 0 Å². The average Bonchev–Trinajstić information content (AvgIpc) is 2.37. The van der Waals surface area contributed by atoms with Crippen molar-refractivity contribution in [3.8, 4) is 0 Å². The number of hydrogen-bond acceptors (Lipinski definition) is 3. The normalized spacial score (nSPS) is 13.0. The molecular weight excluding hydrogens is 267 g/mol. The van der Waals surface area contributed by atoms with Gasteiger partial charge in [-0.2, -0.15) is 4.31 Å². The molecule has 0 saturated heterocycles. The molecule has 1 aromatic carbocycles. The molecule has 2 N–H and O–H groups in total. The highest BCUT2D eigenvalue weighted by atomic mass is 32.2. The van der Waals surface area contributed by atoms with Gasteiger partial charge in [-0.15, -0.1) is 0 Å². The first-order chi connectivity index (χ1) is 8.68. The second-order valence-electron chi connectivity index (χ2n) is 5.06. The molecule has 0 saturated carbocycles. The van der Waals surface area contributed by atoms with Crippen molar-refractivity contribution >= 4 is 10.0 Å². The lowest BCUT2D eigenvalue weighted by Gasteiger charge is -2.34. The minimum Gasteiger partial charge on any atom is -0.326 e. The summed E-state index contributed by atoms with van der Waals surface area (Å²) in [6, 6.07) is 3.99. The van der Waals surface area contributed by atoms with Crippen molar-refractivity contribution in [1.82, 2.24) is 4.31 Å². The molecule has 0 atom stereocenters. The van der Waals surface area contributed by atoms with E-state index in [2.05, 4.69) is 0 Å². The Morgan fingerprint density at radius 2 is 1.95 bits per heavy atom. The van der Waals surface area contributed by atoms with Crippen LogP contribution < -0.4 is 5.73 Å². The van der Waals surface area contributed by atoms with Gasteiger partial charge < -0.3 is 5.73 Å². The van der Waals surface area contributed by atoms with E-state index >= 15 is 0 Å². The maximum absolute atomic E-state index is 13.7. The summed E-state index contributed by atoms with van der Waals surface area (Å²) in [6.07, 6.45) is 0.649. The lowest BCUT2D eigenvalue weighted by molar-refractivity contribution is 0.257. The number of sulfonamides is 1. The van der Waals surface area contributed by atoms with Crippen LogP contribution in [0.1, 0.15) is 32.8 Å². The number of benzene rings is 1. The molecule has 4 nitrogen and oxygen atoms in total. The van der Waals surface area contributed by atoms with Gasteiger partial charge in [-0.1, -0.05) is 13.0 Å². The van der Waals surface area contributed by atoms with E-state index in [1.54, 1.807) is 0 Å². The van der Waals surface area contributed by atoms with Gasteiger partial charge in [0.2, 0.25) is 10.0 Å². The number of hydrogen-bond donors (Lipinski definition) is 1. The van der Waals surface area contributed by atoms with Crippen LogP contribution in [0.4, 0.5) is 4.39 Å². The third-order valence-corrected chi connectivity index (χ3v) is 5.79. The highest BCUT2D eigenvalue weighted by Crippen LogP contribution is 2.28. The van der Waals surface area contributed by atoms with Crippen LogP contribution in [0.15, 0.2) is 23.1 Å². The second-order valence-corrected chi connectivity index (χ2v) is 7.00. The van der Waals surface area contributed by atoms with Crippen LogP contribution in [0.25, 0.3) is 0 Å². The molecule has 0 unspecified atom stereocenters. The smallest absolute Gasteiger partial charge is 0.243 e. The van der Waals surface area contributed by atoms with Crippen LogP contribution in [0.2, 0.25) is 0 Å². The molecule has 0 aliphatic rings. The maximum Gasteiger partial charge on any atom is 0.243 e. The molecule has 0 aliphatic heterocycles. The van der Waals surface area contributed by atoms with Crippen molar-refractivity contribution < 1.29 is 12.8 Å². The predicted molar refractivity (Wildman–Crippen MR) is 73.6 cm³/mol. The summed E-state index contributed by atoms with van der Waals surface area (Å²) >= 11 is 0. The highest BCUT2D eigenvalue weighted by Gasteiger charge is 2.34. The number of rotatable bonds is 5. The summed E-state index contributed by atoms with van der Waals surface area (Å²) < 4.78 is 40.1. The van der Waals surface area contributed by atoms with Crippen molar-refractivity contribution in [2.75, 3.05) is 7.05 Å². The Hall–Kier alpha value is -0.980. The Morgan fingerprint density at radius 1 is 1.37 bits per heavy atom. The number of nitrogens with zero attached hydrogens (tertiary/aromatic N) is 1. The molecule has 19 heavy (non-hydrogen) atoms. The average molecular weight is 288 g/mol. The summed E-state index contributed by atoms with van der Waals surface area (Å²) in [7, 11) is -2.26. The summed E-state index contributed by atoms with van der Waals surface area (Å²) in [4.78, 5) is -0.0565. The van der Waals surface area contributed by atoms with Crippen molar-refractivity contribution in [3.05, 3.63) is 29.6 Å². The van der Waals surface area contributed by atoms with E-state index in [-0.39, 0.29) is 17.0 Å². The lowest BCUT2D eigenvalue weighted by atomic mass is 10.0. The number of halogens is 1. The highest BCUT2D eigenvalue weighted by molar-refractivity contribution is 7.89. The summed E-state index contributed by atoms with van der Waals surface area (Å²) in [5, 5.41) is 0. The summed E-state index contributed by atoms with van der Waals surface area (Å²) in [5.74, 6) is -0.591. The van der Waals surface area contributed by atoms with Gasteiger partial charge >= 0.3 is 0 Å². The minimum absolute atomic E-state index is 0.0289. The molecule has 0 radical (unpaired) electrons. The van der Waals surface area contributed by atoms with Crippen LogP contribution >= 0.6 is 0 Å². The molecular formula is C13H21FN2O2S. The Labute approximate surface area is 114 Å². The predicted octanol–water partition coefficient (Wildman–Crippen LogP) is 2.09. The molecule has 108 valence electrons. The third kappa shape index (κ3) is 2.96. The maximum atomic E-state index is 13.7. The van der Waals surface area contributed by atoms with Gasteiger partial charge in [-0.05, 0) is 32.4 Å². The molecule has 1 aromatic rings. The van der Waals surface area contributed by atoms with E-state index in [1.807, 2.05) is 20.8 Å². The fourth-order valence-corrected chi connectivity index (χ4v) is 3.49. The first-order valence-electron chi connectivity index (χ1n) is 6.15. The topological polar surface area (TPSA) is 63.4 Å². The van der Waals surface area contributed by atoms with E-state index in [9.17, 15) is 12.8 Å². The Balaban J connectivity index is 3.41. The van der Waals surface area contributed by atoms with Gasteiger partial charge in [0.05, 0.1) is 4.90 Å². The van der Waals surface area contributed by atoms with Crippen molar-refractivity contribution in [2.45, 2.75) is 44.2 Å². The molecule has 0 aromatic heterocycles. The Bertz CT molecular complexity index is 556. The molecule has 0 bridgehead atoms. The molecule has 6 heteroatoms. The minimum atomic E-state index is -3.76. The quantitative estimate of drug-likeness (QED) is 0.902. The van der Waals surface area contributed by atoms with Crippen LogP contribution in [-0.2, 0) is 16.6 Å². The number of nitrogens with two attached hydrogens (primary N) is 1. The fraction of sp³-hybridized carbons (Fsp3) is 0.538. The van der Waals surface area contributed by atoms with Gasteiger partial charge in [-0.25, -0.2) is 12.8 Å².